The van der Waals surface area contributed by atoms with Gasteiger partial charge < -0.3 is 10.1 Å². The standard InChI is InChI=1S/C30H30N4O3S/c1-18-5-8-21(9-6-18)25-16-26(22-10-12-23(37-4)13-11-22)34(33-25)30-32-29(36)27(38-30)17-28(35)31-24-14-7-19(2)15-20(24)3/h5-15,26-27H,16-17H2,1-4H3,(H,31,35)/t26-,27-/m0/s1. The van der Waals surface area contributed by atoms with Gasteiger partial charge in [0.25, 0.3) is 5.91 Å². The van der Waals surface area contributed by atoms with Gasteiger partial charge in [-0.25, -0.2) is 5.01 Å². The highest BCUT2D eigenvalue weighted by molar-refractivity contribution is 8.15. The highest BCUT2D eigenvalue weighted by Crippen LogP contribution is 2.39. The van der Waals surface area contributed by atoms with Gasteiger partial charge in [0.15, 0.2) is 5.17 Å². The van der Waals surface area contributed by atoms with Crippen LogP contribution in [-0.4, -0.2) is 40.1 Å². The second-order valence-corrected chi connectivity index (χ2v) is 10.8. The molecule has 2 atom stereocenters. The Hall–Kier alpha value is -3.91. The van der Waals surface area contributed by atoms with Crippen LogP contribution >= 0.6 is 11.8 Å². The first kappa shape index (κ1) is 25.7. The van der Waals surface area contributed by atoms with Crippen molar-refractivity contribution in [3.63, 3.8) is 0 Å². The highest BCUT2D eigenvalue weighted by atomic mass is 32.2. The van der Waals surface area contributed by atoms with Crippen LogP contribution in [0.15, 0.2) is 76.8 Å². The van der Waals surface area contributed by atoms with E-state index < -0.39 is 5.25 Å². The van der Waals surface area contributed by atoms with Crippen molar-refractivity contribution in [2.75, 3.05) is 12.4 Å². The van der Waals surface area contributed by atoms with Crippen LogP contribution in [0.1, 0.15) is 46.7 Å². The summed E-state index contributed by atoms with van der Waals surface area (Å²) in [5, 5.41) is 9.62. The molecule has 5 rings (SSSR count). The normalized spacial score (nSPS) is 18.8. The number of amidine groups is 1. The summed E-state index contributed by atoms with van der Waals surface area (Å²) >= 11 is 1.30. The van der Waals surface area contributed by atoms with E-state index in [1.807, 2.05) is 61.3 Å². The third-order valence-corrected chi connectivity index (χ3v) is 7.89. The molecule has 3 aromatic rings. The zero-order valence-corrected chi connectivity index (χ0v) is 22.7. The van der Waals surface area contributed by atoms with Crippen LogP contribution in [0, 0.1) is 20.8 Å². The first-order valence-corrected chi connectivity index (χ1v) is 13.4. The molecule has 0 unspecified atom stereocenters. The van der Waals surface area contributed by atoms with Crippen molar-refractivity contribution in [1.29, 1.82) is 0 Å². The summed E-state index contributed by atoms with van der Waals surface area (Å²) in [5.74, 6) is 0.250. The molecule has 7 nitrogen and oxygen atoms in total. The molecule has 0 spiro atoms. The number of methoxy groups -OCH3 is 1. The number of aryl methyl sites for hydroxylation is 3. The van der Waals surface area contributed by atoms with Crippen molar-refractivity contribution >= 4 is 40.1 Å². The maximum Gasteiger partial charge on any atom is 0.262 e. The first-order chi connectivity index (χ1) is 18.3. The molecule has 194 valence electrons. The fraction of sp³-hybridized carbons (Fsp3) is 0.267. The minimum atomic E-state index is -0.592. The fourth-order valence-electron chi connectivity index (χ4n) is 4.62. The number of hydrogen-bond acceptors (Lipinski definition) is 6. The molecule has 8 heteroatoms. The second kappa shape index (κ2) is 10.8. The Labute approximate surface area is 227 Å². The van der Waals surface area contributed by atoms with Gasteiger partial charge >= 0.3 is 0 Å². The number of carbonyl (C=O) groups is 2. The lowest BCUT2D eigenvalue weighted by atomic mass is 9.98. The number of nitrogens with one attached hydrogen (secondary N) is 1. The molecule has 0 saturated carbocycles. The maximum atomic E-state index is 12.9. The number of ether oxygens (including phenoxy) is 1. The van der Waals surface area contributed by atoms with Gasteiger partial charge in [0.2, 0.25) is 5.91 Å². The summed E-state index contributed by atoms with van der Waals surface area (Å²) in [6, 6.07) is 21.9. The van der Waals surface area contributed by atoms with E-state index in [0.717, 1.165) is 39.4 Å². The molecule has 0 saturated heterocycles. The molecule has 2 amide bonds. The average molecular weight is 527 g/mol. The van der Waals surface area contributed by atoms with Crippen molar-refractivity contribution in [1.82, 2.24) is 5.01 Å². The molecule has 3 aromatic carbocycles. The van der Waals surface area contributed by atoms with Crippen molar-refractivity contribution < 1.29 is 14.3 Å². The van der Waals surface area contributed by atoms with Gasteiger partial charge in [-0.2, -0.15) is 10.1 Å². The van der Waals surface area contributed by atoms with Gasteiger partial charge in [-0.1, -0.05) is 71.4 Å². The molecule has 1 N–H and O–H groups in total. The summed E-state index contributed by atoms with van der Waals surface area (Å²) in [5.41, 5.74) is 7.06. The van der Waals surface area contributed by atoms with Crippen LogP contribution in [0.25, 0.3) is 0 Å². The molecule has 38 heavy (non-hydrogen) atoms. The minimum Gasteiger partial charge on any atom is -0.497 e. The quantitative estimate of drug-likeness (QED) is 0.439. The molecule has 2 aliphatic heterocycles. The molecule has 0 aromatic heterocycles. The van der Waals surface area contributed by atoms with E-state index in [4.69, 9.17) is 9.84 Å². The number of nitrogens with zero attached hydrogens (tertiary/aromatic N) is 3. The lowest BCUT2D eigenvalue weighted by molar-refractivity contribution is -0.121. The predicted molar refractivity (Wildman–Crippen MR) is 153 cm³/mol. The van der Waals surface area contributed by atoms with E-state index in [-0.39, 0.29) is 24.3 Å². The average Bonchev–Trinajstić information content (AvgIpc) is 3.50. The smallest absolute Gasteiger partial charge is 0.262 e. The SMILES string of the molecule is COc1ccc([C@@H]2CC(c3ccc(C)cc3)=NN2C2=NC(=O)[C@H](CC(=O)Nc3ccc(C)cc3C)S2)cc1. The Kier molecular flexibility index (Phi) is 7.33. The van der Waals surface area contributed by atoms with Crippen LogP contribution in [-0.2, 0) is 9.59 Å². The Balaban J connectivity index is 1.35. The minimum absolute atomic E-state index is 0.0411. The van der Waals surface area contributed by atoms with E-state index in [1.165, 1.54) is 17.3 Å². The number of hydrogen-bond donors (Lipinski definition) is 1. The summed E-state index contributed by atoms with van der Waals surface area (Å²) in [6.45, 7) is 6.02. The van der Waals surface area contributed by atoms with Gasteiger partial charge in [-0.15, -0.1) is 0 Å². The Bertz CT molecular complexity index is 1430. The van der Waals surface area contributed by atoms with E-state index >= 15 is 0 Å². The van der Waals surface area contributed by atoms with E-state index in [1.54, 1.807) is 7.11 Å². The van der Waals surface area contributed by atoms with Crippen LogP contribution in [0.3, 0.4) is 0 Å². The number of hydrazone groups is 1. The Morgan fingerprint density at radius 3 is 2.42 bits per heavy atom. The number of anilines is 1. The third kappa shape index (κ3) is 5.50. The summed E-state index contributed by atoms with van der Waals surface area (Å²) in [7, 11) is 1.64. The number of aliphatic imine (C=N–C) groups is 1. The van der Waals surface area contributed by atoms with E-state index in [0.29, 0.717) is 11.6 Å². The monoisotopic (exact) mass is 526 g/mol. The molecule has 0 fully saturated rings. The molecule has 0 aliphatic carbocycles. The topological polar surface area (TPSA) is 83.4 Å². The first-order valence-electron chi connectivity index (χ1n) is 12.5. The van der Waals surface area contributed by atoms with Crippen molar-refractivity contribution in [3.8, 4) is 5.75 Å². The Morgan fingerprint density at radius 2 is 1.74 bits per heavy atom. The van der Waals surface area contributed by atoms with Crippen molar-refractivity contribution in [2.24, 2.45) is 10.1 Å². The number of rotatable bonds is 6. The predicted octanol–water partition coefficient (Wildman–Crippen LogP) is 5.80. The zero-order chi connectivity index (χ0) is 26.8. The lowest BCUT2D eigenvalue weighted by Crippen LogP contribution is -2.25. The molecule has 2 aliphatic rings. The number of benzene rings is 3. The number of carbonyl (C=O) groups excluding carboxylic acids is 2. The van der Waals surface area contributed by atoms with Gasteiger partial charge in [0, 0.05) is 18.5 Å². The number of thioether (sulfide) groups is 1. The molecular weight excluding hydrogens is 496 g/mol. The van der Waals surface area contributed by atoms with Crippen LogP contribution in [0.4, 0.5) is 5.69 Å². The largest absolute Gasteiger partial charge is 0.497 e. The van der Waals surface area contributed by atoms with Crippen molar-refractivity contribution in [3.05, 3.63) is 94.5 Å². The second-order valence-electron chi connectivity index (χ2n) is 9.66. The van der Waals surface area contributed by atoms with Gasteiger partial charge in [0.1, 0.15) is 11.0 Å². The third-order valence-electron chi connectivity index (χ3n) is 6.75. The summed E-state index contributed by atoms with van der Waals surface area (Å²) < 4.78 is 5.33. The molecule has 2 heterocycles. The summed E-state index contributed by atoms with van der Waals surface area (Å²) in [6.07, 6.45) is 0.709. The van der Waals surface area contributed by atoms with Gasteiger partial charge in [0.05, 0.1) is 18.9 Å². The van der Waals surface area contributed by atoms with Crippen LogP contribution in [0.2, 0.25) is 0 Å². The lowest BCUT2D eigenvalue weighted by Gasteiger charge is -2.23. The molecule has 0 bridgehead atoms. The Morgan fingerprint density at radius 1 is 1.03 bits per heavy atom. The fourth-order valence-corrected chi connectivity index (χ4v) is 5.68. The van der Waals surface area contributed by atoms with Crippen molar-refractivity contribution in [2.45, 2.75) is 44.9 Å². The number of amides is 2. The van der Waals surface area contributed by atoms with Crippen LogP contribution in [0.5, 0.6) is 5.75 Å². The van der Waals surface area contributed by atoms with Gasteiger partial charge in [-0.3, -0.25) is 9.59 Å². The van der Waals surface area contributed by atoms with E-state index in [9.17, 15) is 9.59 Å². The molecular formula is C30H30N4O3S. The molecule has 0 radical (unpaired) electrons. The van der Waals surface area contributed by atoms with E-state index in [2.05, 4.69) is 41.5 Å². The van der Waals surface area contributed by atoms with Crippen LogP contribution < -0.4 is 10.1 Å². The van der Waals surface area contributed by atoms with Gasteiger partial charge in [-0.05, 0) is 55.7 Å². The summed E-state index contributed by atoms with van der Waals surface area (Å²) in [4.78, 5) is 30.0. The zero-order valence-electron chi connectivity index (χ0n) is 21.9. The highest BCUT2D eigenvalue weighted by Gasteiger charge is 2.39. The maximum absolute atomic E-state index is 12.9.